The Morgan fingerprint density at radius 1 is 1.73 bits per heavy atom. The number of rotatable bonds is 4. The van der Waals surface area contributed by atoms with Crippen molar-refractivity contribution in [1.29, 1.82) is 0 Å². The standard InChI is InChI=1S/C9H15ClN2O3/c1-5(2)14-9(13)8(11-3)6-4-7(10)12-15-6/h5-6,8,11H,4H2,1-3H3/t6-,8-/m0/s1. The second kappa shape index (κ2) is 5.32. The van der Waals surface area contributed by atoms with E-state index in [-0.39, 0.29) is 18.2 Å². The molecule has 86 valence electrons. The summed E-state index contributed by atoms with van der Waals surface area (Å²) in [5, 5.41) is 6.79. The lowest BCUT2D eigenvalue weighted by atomic mass is 10.1. The molecule has 1 aliphatic heterocycles. The van der Waals surface area contributed by atoms with E-state index < -0.39 is 6.04 Å². The lowest BCUT2D eigenvalue weighted by molar-refractivity contribution is -0.153. The van der Waals surface area contributed by atoms with Crippen molar-refractivity contribution in [2.45, 2.75) is 38.5 Å². The van der Waals surface area contributed by atoms with Crippen LogP contribution in [0.1, 0.15) is 20.3 Å². The minimum absolute atomic E-state index is 0.147. The number of oxime groups is 1. The monoisotopic (exact) mass is 234 g/mol. The predicted molar refractivity (Wildman–Crippen MR) is 56.9 cm³/mol. The smallest absolute Gasteiger partial charge is 0.327 e. The number of esters is 1. The van der Waals surface area contributed by atoms with Gasteiger partial charge in [-0.3, -0.25) is 4.79 Å². The average Bonchev–Trinajstić information content (AvgIpc) is 2.51. The predicted octanol–water partition coefficient (Wildman–Crippen LogP) is 0.867. The summed E-state index contributed by atoms with van der Waals surface area (Å²) >= 11 is 5.66. The molecule has 0 bridgehead atoms. The Kier molecular flexibility index (Phi) is 4.35. The normalized spacial score (nSPS) is 22.2. The molecule has 0 radical (unpaired) electrons. The van der Waals surface area contributed by atoms with Crippen molar-refractivity contribution in [3.05, 3.63) is 0 Å². The van der Waals surface area contributed by atoms with Gasteiger partial charge in [-0.15, -0.1) is 0 Å². The number of ether oxygens (including phenoxy) is 1. The largest absolute Gasteiger partial charge is 0.462 e. The summed E-state index contributed by atoms with van der Waals surface area (Å²) in [6.45, 7) is 3.59. The first-order chi connectivity index (χ1) is 7.04. The van der Waals surface area contributed by atoms with E-state index in [1.165, 1.54) is 0 Å². The van der Waals surface area contributed by atoms with Crippen LogP contribution < -0.4 is 5.32 Å². The number of carbonyl (C=O) groups is 1. The Morgan fingerprint density at radius 3 is 2.80 bits per heavy atom. The van der Waals surface area contributed by atoms with Gasteiger partial charge in [0.05, 0.1) is 6.10 Å². The van der Waals surface area contributed by atoms with E-state index >= 15 is 0 Å². The van der Waals surface area contributed by atoms with E-state index in [1.807, 2.05) is 0 Å². The molecule has 0 aromatic heterocycles. The average molecular weight is 235 g/mol. The summed E-state index contributed by atoms with van der Waals surface area (Å²) in [4.78, 5) is 16.6. The van der Waals surface area contributed by atoms with Crippen LogP contribution in [0.2, 0.25) is 0 Å². The number of carbonyl (C=O) groups excluding carboxylic acids is 1. The lowest BCUT2D eigenvalue weighted by Crippen LogP contribution is -2.46. The molecule has 0 aliphatic carbocycles. The minimum Gasteiger partial charge on any atom is -0.462 e. The summed E-state index contributed by atoms with van der Waals surface area (Å²) in [6.07, 6.45) is -0.0971. The first kappa shape index (κ1) is 12.3. The van der Waals surface area contributed by atoms with Crippen LogP contribution in [0.15, 0.2) is 5.16 Å². The number of likely N-dealkylation sites (N-methyl/N-ethyl adjacent to an activating group) is 1. The van der Waals surface area contributed by atoms with Crippen LogP contribution in [-0.4, -0.2) is 36.4 Å². The van der Waals surface area contributed by atoms with Crippen molar-refractivity contribution in [2.24, 2.45) is 5.16 Å². The van der Waals surface area contributed by atoms with Gasteiger partial charge in [-0.25, -0.2) is 0 Å². The van der Waals surface area contributed by atoms with Crippen LogP contribution in [-0.2, 0) is 14.4 Å². The fraction of sp³-hybridized carbons (Fsp3) is 0.778. The molecule has 0 aromatic carbocycles. The van der Waals surface area contributed by atoms with Crippen molar-refractivity contribution >= 4 is 22.7 Å². The molecule has 5 nitrogen and oxygen atoms in total. The van der Waals surface area contributed by atoms with E-state index in [1.54, 1.807) is 20.9 Å². The topological polar surface area (TPSA) is 59.9 Å². The Balaban J connectivity index is 2.52. The molecular formula is C9H15ClN2O3. The molecule has 0 fully saturated rings. The number of nitrogens with one attached hydrogen (secondary N) is 1. The maximum atomic E-state index is 11.6. The maximum absolute atomic E-state index is 11.6. The first-order valence-electron chi connectivity index (χ1n) is 4.80. The quantitative estimate of drug-likeness (QED) is 0.734. The summed E-state index contributed by atoms with van der Waals surface area (Å²) in [5.74, 6) is -0.348. The van der Waals surface area contributed by atoms with Gasteiger partial charge in [0.2, 0.25) is 0 Å². The molecule has 0 amide bonds. The molecule has 15 heavy (non-hydrogen) atoms. The van der Waals surface area contributed by atoms with Crippen LogP contribution in [0.25, 0.3) is 0 Å². The summed E-state index contributed by atoms with van der Waals surface area (Å²) in [7, 11) is 1.67. The Hall–Kier alpha value is -0.810. The highest BCUT2D eigenvalue weighted by Crippen LogP contribution is 2.17. The van der Waals surface area contributed by atoms with Gasteiger partial charge < -0.3 is 14.9 Å². The summed E-state index contributed by atoms with van der Waals surface area (Å²) in [6, 6.07) is -0.535. The van der Waals surface area contributed by atoms with Gasteiger partial charge >= 0.3 is 5.97 Å². The number of nitrogens with zero attached hydrogens (tertiary/aromatic N) is 1. The van der Waals surface area contributed by atoms with Crippen molar-refractivity contribution in [2.75, 3.05) is 7.05 Å². The molecule has 0 unspecified atom stereocenters. The van der Waals surface area contributed by atoms with E-state index in [4.69, 9.17) is 21.2 Å². The van der Waals surface area contributed by atoms with Crippen molar-refractivity contribution in [3.8, 4) is 0 Å². The Morgan fingerprint density at radius 2 is 2.40 bits per heavy atom. The molecule has 1 N–H and O–H groups in total. The molecule has 2 atom stereocenters. The van der Waals surface area contributed by atoms with Crippen molar-refractivity contribution < 1.29 is 14.4 Å². The van der Waals surface area contributed by atoms with Gasteiger partial charge in [0.15, 0.2) is 6.10 Å². The van der Waals surface area contributed by atoms with Gasteiger partial charge in [-0.2, -0.15) is 0 Å². The Labute approximate surface area is 93.7 Å². The molecule has 0 saturated carbocycles. The molecule has 0 saturated heterocycles. The van der Waals surface area contributed by atoms with Crippen LogP contribution >= 0.6 is 11.6 Å². The van der Waals surface area contributed by atoms with Crippen LogP contribution in [0, 0.1) is 0 Å². The van der Waals surface area contributed by atoms with Crippen LogP contribution in [0.4, 0.5) is 0 Å². The second-order valence-corrected chi connectivity index (χ2v) is 4.00. The van der Waals surface area contributed by atoms with Gasteiger partial charge in [0.25, 0.3) is 0 Å². The highest BCUT2D eigenvalue weighted by molar-refractivity contribution is 6.65. The van der Waals surface area contributed by atoms with Gasteiger partial charge in [-0.1, -0.05) is 16.8 Å². The molecule has 0 aromatic rings. The fourth-order valence-electron chi connectivity index (χ4n) is 1.31. The number of hydrogen-bond donors (Lipinski definition) is 1. The number of hydrogen-bond acceptors (Lipinski definition) is 5. The molecule has 6 heteroatoms. The van der Waals surface area contributed by atoms with Crippen LogP contribution in [0.3, 0.4) is 0 Å². The molecule has 0 spiro atoms. The van der Waals surface area contributed by atoms with E-state index in [0.29, 0.717) is 11.6 Å². The molecule has 1 rings (SSSR count). The van der Waals surface area contributed by atoms with E-state index in [0.717, 1.165) is 0 Å². The highest BCUT2D eigenvalue weighted by Gasteiger charge is 2.34. The summed E-state index contributed by atoms with van der Waals surface area (Å²) < 4.78 is 5.08. The van der Waals surface area contributed by atoms with Gasteiger partial charge in [-0.05, 0) is 20.9 Å². The van der Waals surface area contributed by atoms with Crippen molar-refractivity contribution in [1.82, 2.24) is 5.32 Å². The molecule has 1 heterocycles. The van der Waals surface area contributed by atoms with Gasteiger partial charge in [0.1, 0.15) is 11.2 Å². The first-order valence-corrected chi connectivity index (χ1v) is 5.18. The SMILES string of the molecule is CN[C@H](C(=O)OC(C)C)[C@@H]1CC(Cl)=NO1. The zero-order valence-corrected chi connectivity index (χ0v) is 9.75. The van der Waals surface area contributed by atoms with E-state index in [2.05, 4.69) is 10.5 Å². The van der Waals surface area contributed by atoms with Crippen molar-refractivity contribution in [3.63, 3.8) is 0 Å². The molecule has 1 aliphatic rings. The van der Waals surface area contributed by atoms with Gasteiger partial charge in [0, 0.05) is 6.42 Å². The Bertz CT molecular complexity index is 268. The maximum Gasteiger partial charge on any atom is 0.327 e. The third-order valence-electron chi connectivity index (χ3n) is 1.95. The zero-order chi connectivity index (χ0) is 11.4. The lowest BCUT2D eigenvalue weighted by Gasteiger charge is -2.20. The summed E-state index contributed by atoms with van der Waals surface area (Å²) in [5.41, 5.74) is 0. The second-order valence-electron chi connectivity index (χ2n) is 3.57. The van der Waals surface area contributed by atoms with E-state index in [9.17, 15) is 4.79 Å². The van der Waals surface area contributed by atoms with Crippen LogP contribution in [0.5, 0.6) is 0 Å². The molecular weight excluding hydrogens is 220 g/mol. The number of halogens is 1. The fourth-order valence-corrected chi connectivity index (χ4v) is 1.50. The highest BCUT2D eigenvalue weighted by atomic mass is 35.5. The zero-order valence-electron chi connectivity index (χ0n) is 8.99. The third kappa shape index (κ3) is 3.35. The minimum atomic E-state index is -0.535. The third-order valence-corrected chi connectivity index (χ3v) is 2.17.